The molecule has 0 bridgehead atoms. The first-order valence-electron chi connectivity index (χ1n) is 4.71. The van der Waals surface area contributed by atoms with Gasteiger partial charge in [0.2, 0.25) is 5.89 Å². The summed E-state index contributed by atoms with van der Waals surface area (Å²) in [4.78, 5) is 19.7. The number of carbonyl (C=O) groups is 1. The van der Waals surface area contributed by atoms with E-state index in [9.17, 15) is 4.79 Å². The van der Waals surface area contributed by atoms with Gasteiger partial charge in [0.25, 0.3) is 5.82 Å². The van der Waals surface area contributed by atoms with Crippen LogP contribution in [0.15, 0.2) is 4.52 Å². The van der Waals surface area contributed by atoms with E-state index in [0.29, 0.717) is 5.89 Å². The zero-order valence-electron chi connectivity index (χ0n) is 8.32. The minimum atomic E-state index is -0.509. The third-order valence-electron chi connectivity index (χ3n) is 2.20. The minimum Gasteiger partial charge on any atom is -0.337 e. The molecule has 0 aromatic carbocycles. The molecule has 0 radical (unpaired) electrons. The number of nitrogens with one attached hydrogen (secondary N) is 2. The number of rotatable bonds is 3. The van der Waals surface area contributed by atoms with Crippen LogP contribution in [0.1, 0.15) is 35.4 Å². The number of carbonyl (C=O) groups excluding carboxylic acids is 1. The van der Waals surface area contributed by atoms with Crippen LogP contribution in [0.25, 0.3) is 0 Å². The second-order valence-electron chi connectivity index (χ2n) is 3.24. The standard InChI is InChI=1S/C8H12N4O3/c1-14-12-7(13)6-10-8(15-11-6)5-3-2-4-9-5/h5,9H,2-4H2,1H3,(H,12,13). The maximum Gasteiger partial charge on any atom is 0.316 e. The fraction of sp³-hybridized carbons (Fsp3) is 0.625. The lowest BCUT2D eigenvalue weighted by atomic mass is 10.2. The van der Waals surface area contributed by atoms with Gasteiger partial charge in [-0.1, -0.05) is 5.16 Å². The van der Waals surface area contributed by atoms with E-state index in [1.165, 1.54) is 7.11 Å². The van der Waals surface area contributed by atoms with Gasteiger partial charge in [0.05, 0.1) is 13.2 Å². The van der Waals surface area contributed by atoms with E-state index in [0.717, 1.165) is 19.4 Å². The molecule has 7 heteroatoms. The Hall–Kier alpha value is -1.47. The SMILES string of the molecule is CONC(=O)c1noc(C2CCCN2)n1. The molecule has 1 atom stereocenters. The van der Waals surface area contributed by atoms with Gasteiger partial charge in [0.15, 0.2) is 0 Å². The number of nitrogens with zero attached hydrogens (tertiary/aromatic N) is 2. The zero-order chi connectivity index (χ0) is 10.7. The number of hydroxylamine groups is 1. The Morgan fingerprint density at radius 3 is 3.27 bits per heavy atom. The van der Waals surface area contributed by atoms with Crippen molar-refractivity contribution in [3.63, 3.8) is 0 Å². The summed E-state index contributed by atoms with van der Waals surface area (Å²) in [6, 6.07) is 0.0709. The lowest BCUT2D eigenvalue weighted by Gasteiger charge is -2.01. The molecule has 2 rings (SSSR count). The fourth-order valence-corrected chi connectivity index (χ4v) is 1.50. The largest absolute Gasteiger partial charge is 0.337 e. The maximum absolute atomic E-state index is 11.2. The van der Waals surface area contributed by atoms with Gasteiger partial charge in [-0.15, -0.1) is 0 Å². The van der Waals surface area contributed by atoms with E-state index in [-0.39, 0.29) is 11.9 Å². The molecule has 1 aromatic heterocycles. The molecule has 1 aliphatic heterocycles. The average Bonchev–Trinajstić information content (AvgIpc) is 2.89. The van der Waals surface area contributed by atoms with Gasteiger partial charge in [-0.25, -0.2) is 5.48 Å². The van der Waals surface area contributed by atoms with Crippen molar-refractivity contribution in [2.24, 2.45) is 0 Å². The molecule has 2 N–H and O–H groups in total. The van der Waals surface area contributed by atoms with Crippen LogP contribution in [0.2, 0.25) is 0 Å². The molecule has 0 aliphatic carbocycles. The highest BCUT2D eigenvalue weighted by Crippen LogP contribution is 2.20. The lowest BCUT2D eigenvalue weighted by molar-refractivity contribution is 0.0524. The lowest BCUT2D eigenvalue weighted by Crippen LogP contribution is -2.23. The molecule has 82 valence electrons. The van der Waals surface area contributed by atoms with Crippen molar-refractivity contribution in [2.75, 3.05) is 13.7 Å². The van der Waals surface area contributed by atoms with Crippen LogP contribution < -0.4 is 10.8 Å². The summed E-state index contributed by atoms with van der Waals surface area (Å²) in [5.74, 6) is -0.0696. The van der Waals surface area contributed by atoms with Crippen molar-refractivity contribution < 1.29 is 14.2 Å². The predicted octanol–water partition coefficient (Wildman–Crippen LogP) is -0.215. The first-order valence-corrected chi connectivity index (χ1v) is 4.71. The highest BCUT2D eigenvalue weighted by atomic mass is 16.6. The van der Waals surface area contributed by atoms with Crippen LogP contribution in [-0.2, 0) is 4.84 Å². The van der Waals surface area contributed by atoms with E-state index in [1.807, 2.05) is 0 Å². The second kappa shape index (κ2) is 4.37. The van der Waals surface area contributed by atoms with Crippen LogP contribution in [-0.4, -0.2) is 29.7 Å². The predicted molar refractivity (Wildman–Crippen MR) is 48.8 cm³/mol. The topological polar surface area (TPSA) is 89.3 Å². The minimum absolute atomic E-state index is 0.0134. The van der Waals surface area contributed by atoms with E-state index in [4.69, 9.17) is 4.52 Å². The number of amides is 1. The molecule has 1 fully saturated rings. The van der Waals surface area contributed by atoms with Crippen LogP contribution in [0.5, 0.6) is 0 Å². The van der Waals surface area contributed by atoms with Crippen LogP contribution in [0.4, 0.5) is 0 Å². The number of hydrogen-bond acceptors (Lipinski definition) is 6. The molecule has 1 amide bonds. The number of aromatic nitrogens is 2. The molecule has 0 saturated carbocycles. The summed E-state index contributed by atoms with van der Waals surface area (Å²) in [6.07, 6.45) is 2.03. The Labute approximate surface area is 86.1 Å². The van der Waals surface area contributed by atoms with Crippen LogP contribution >= 0.6 is 0 Å². The van der Waals surface area contributed by atoms with Crippen molar-refractivity contribution in [1.82, 2.24) is 20.9 Å². The number of hydrogen-bond donors (Lipinski definition) is 2. The molecule has 1 aliphatic rings. The maximum atomic E-state index is 11.2. The summed E-state index contributed by atoms with van der Waals surface area (Å²) in [6.45, 7) is 0.937. The Bertz CT molecular complexity index is 345. The average molecular weight is 212 g/mol. The molecule has 7 nitrogen and oxygen atoms in total. The molecule has 1 unspecified atom stereocenters. The third kappa shape index (κ3) is 2.13. The van der Waals surface area contributed by atoms with E-state index >= 15 is 0 Å². The Balaban J connectivity index is 2.06. The van der Waals surface area contributed by atoms with Crippen LogP contribution in [0.3, 0.4) is 0 Å². The smallest absolute Gasteiger partial charge is 0.316 e. The molecule has 1 aromatic rings. The van der Waals surface area contributed by atoms with E-state index in [1.54, 1.807) is 0 Å². The first kappa shape index (κ1) is 10.1. The highest BCUT2D eigenvalue weighted by molar-refractivity contribution is 5.89. The van der Waals surface area contributed by atoms with E-state index < -0.39 is 5.91 Å². The second-order valence-corrected chi connectivity index (χ2v) is 3.24. The zero-order valence-corrected chi connectivity index (χ0v) is 8.32. The van der Waals surface area contributed by atoms with Gasteiger partial charge < -0.3 is 9.84 Å². The summed E-state index contributed by atoms with van der Waals surface area (Å²) in [5, 5.41) is 6.76. The highest BCUT2D eigenvalue weighted by Gasteiger charge is 2.24. The summed E-state index contributed by atoms with van der Waals surface area (Å²) >= 11 is 0. The fourth-order valence-electron chi connectivity index (χ4n) is 1.50. The third-order valence-corrected chi connectivity index (χ3v) is 2.20. The van der Waals surface area contributed by atoms with Crippen LogP contribution in [0, 0.1) is 0 Å². The van der Waals surface area contributed by atoms with Crippen molar-refractivity contribution in [2.45, 2.75) is 18.9 Å². The van der Waals surface area contributed by atoms with Gasteiger partial charge in [0.1, 0.15) is 0 Å². The first-order chi connectivity index (χ1) is 7.31. The van der Waals surface area contributed by atoms with Crippen molar-refractivity contribution in [3.8, 4) is 0 Å². The van der Waals surface area contributed by atoms with Gasteiger partial charge in [0, 0.05) is 0 Å². The van der Waals surface area contributed by atoms with Crippen molar-refractivity contribution in [1.29, 1.82) is 0 Å². The summed E-state index contributed by atoms with van der Waals surface area (Å²) in [7, 11) is 1.34. The van der Waals surface area contributed by atoms with Gasteiger partial charge in [-0.05, 0) is 19.4 Å². The Morgan fingerprint density at radius 1 is 1.73 bits per heavy atom. The molecule has 1 saturated heterocycles. The van der Waals surface area contributed by atoms with Crippen molar-refractivity contribution in [3.05, 3.63) is 11.7 Å². The summed E-state index contributed by atoms with van der Waals surface area (Å²) in [5.41, 5.74) is 2.12. The van der Waals surface area contributed by atoms with E-state index in [2.05, 4.69) is 25.8 Å². The molecular formula is C8H12N4O3. The summed E-state index contributed by atoms with van der Waals surface area (Å²) < 4.78 is 4.98. The Morgan fingerprint density at radius 2 is 2.60 bits per heavy atom. The molecule has 15 heavy (non-hydrogen) atoms. The normalized spacial score (nSPS) is 20.5. The quantitative estimate of drug-likeness (QED) is 0.673. The molecule has 0 spiro atoms. The van der Waals surface area contributed by atoms with Crippen molar-refractivity contribution >= 4 is 5.91 Å². The van der Waals surface area contributed by atoms with Gasteiger partial charge >= 0.3 is 5.91 Å². The molecular weight excluding hydrogens is 200 g/mol. The monoisotopic (exact) mass is 212 g/mol. The molecule has 2 heterocycles. The Kier molecular flexibility index (Phi) is 2.93. The van der Waals surface area contributed by atoms with Gasteiger partial charge in [-0.3, -0.25) is 9.63 Å². The van der Waals surface area contributed by atoms with Gasteiger partial charge in [-0.2, -0.15) is 4.98 Å².